The Balaban J connectivity index is 1.84. The predicted molar refractivity (Wildman–Crippen MR) is 76.6 cm³/mol. The van der Waals surface area contributed by atoms with Gasteiger partial charge in [0, 0.05) is 16.1 Å². The first-order valence-electron chi connectivity index (χ1n) is 7.28. The quantitative estimate of drug-likeness (QED) is 0.788. The first-order chi connectivity index (χ1) is 9.05. The van der Waals surface area contributed by atoms with Gasteiger partial charge < -0.3 is 5.73 Å². The molecule has 19 heavy (non-hydrogen) atoms. The molecule has 0 aromatic heterocycles. The largest absolute Gasteiger partial charge is 0.321 e. The van der Waals surface area contributed by atoms with E-state index < -0.39 is 5.54 Å². The van der Waals surface area contributed by atoms with Crippen LogP contribution in [0.1, 0.15) is 56.9 Å². The molecule has 0 unspecified atom stereocenters. The van der Waals surface area contributed by atoms with Crippen molar-refractivity contribution in [2.24, 2.45) is 11.1 Å². The lowest BCUT2D eigenvalue weighted by Crippen LogP contribution is -2.56. The van der Waals surface area contributed by atoms with Crippen molar-refractivity contribution < 1.29 is 4.39 Å². The molecule has 1 spiro atoms. The van der Waals surface area contributed by atoms with Gasteiger partial charge >= 0.3 is 0 Å². The van der Waals surface area contributed by atoms with Gasteiger partial charge in [-0.2, -0.15) is 0 Å². The van der Waals surface area contributed by atoms with E-state index >= 15 is 0 Å². The summed E-state index contributed by atoms with van der Waals surface area (Å²) in [5.74, 6) is -0.251. The van der Waals surface area contributed by atoms with Crippen LogP contribution in [0.3, 0.4) is 0 Å². The van der Waals surface area contributed by atoms with Crippen LogP contribution >= 0.6 is 11.6 Å². The Morgan fingerprint density at radius 1 is 1.05 bits per heavy atom. The van der Waals surface area contributed by atoms with Gasteiger partial charge in [0.25, 0.3) is 0 Å². The summed E-state index contributed by atoms with van der Waals surface area (Å²) in [6, 6.07) is 4.85. The molecule has 0 radical (unpaired) electrons. The Hall–Kier alpha value is -0.600. The summed E-state index contributed by atoms with van der Waals surface area (Å²) >= 11 is 6.17. The van der Waals surface area contributed by atoms with E-state index in [1.54, 1.807) is 12.1 Å². The molecular formula is C16H21ClFN. The molecule has 0 heterocycles. The molecule has 104 valence electrons. The summed E-state index contributed by atoms with van der Waals surface area (Å²) in [5.41, 5.74) is 6.80. The van der Waals surface area contributed by atoms with E-state index in [1.165, 1.54) is 44.6 Å². The highest BCUT2D eigenvalue weighted by molar-refractivity contribution is 6.31. The Labute approximate surface area is 119 Å². The van der Waals surface area contributed by atoms with Gasteiger partial charge in [-0.15, -0.1) is 0 Å². The summed E-state index contributed by atoms with van der Waals surface area (Å²) in [5, 5.41) is 0.478. The third-order valence-electron chi connectivity index (χ3n) is 5.01. The lowest BCUT2D eigenvalue weighted by atomic mass is 9.52. The number of nitrogens with two attached hydrogens (primary N) is 1. The molecule has 1 aromatic rings. The zero-order chi connectivity index (χ0) is 13.5. The van der Waals surface area contributed by atoms with Crippen molar-refractivity contribution >= 4 is 11.6 Å². The lowest BCUT2D eigenvalue weighted by Gasteiger charge is -2.55. The highest BCUT2D eigenvalue weighted by Crippen LogP contribution is 2.59. The SMILES string of the molecule is NC1(c2c(F)cccc2Cl)CC2(CCCCCC2)C1. The molecule has 0 atom stereocenters. The number of benzene rings is 1. The van der Waals surface area contributed by atoms with Crippen molar-refractivity contribution in [3.05, 3.63) is 34.6 Å². The van der Waals surface area contributed by atoms with Crippen LogP contribution in [0.4, 0.5) is 4.39 Å². The van der Waals surface area contributed by atoms with Crippen molar-refractivity contribution in [3.8, 4) is 0 Å². The zero-order valence-corrected chi connectivity index (χ0v) is 12.0. The van der Waals surface area contributed by atoms with Gasteiger partial charge in [0.1, 0.15) is 5.82 Å². The summed E-state index contributed by atoms with van der Waals surface area (Å²) in [6.07, 6.45) is 9.53. The zero-order valence-electron chi connectivity index (χ0n) is 11.2. The minimum atomic E-state index is -0.549. The van der Waals surface area contributed by atoms with Crippen LogP contribution in [0.5, 0.6) is 0 Å². The predicted octanol–water partition coefficient (Wildman–Crippen LogP) is 4.77. The first-order valence-corrected chi connectivity index (χ1v) is 7.66. The second-order valence-electron chi connectivity index (χ2n) is 6.52. The minimum Gasteiger partial charge on any atom is -0.321 e. The van der Waals surface area contributed by atoms with E-state index in [4.69, 9.17) is 17.3 Å². The average Bonchev–Trinajstić information content (AvgIpc) is 2.54. The Morgan fingerprint density at radius 3 is 2.26 bits per heavy atom. The summed E-state index contributed by atoms with van der Waals surface area (Å²) in [4.78, 5) is 0. The normalized spacial score (nSPS) is 24.8. The molecule has 2 fully saturated rings. The summed E-state index contributed by atoms with van der Waals surface area (Å²) in [7, 11) is 0. The molecule has 2 aliphatic carbocycles. The monoisotopic (exact) mass is 281 g/mol. The molecule has 0 bridgehead atoms. The molecule has 0 aliphatic heterocycles. The Bertz CT molecular complexity index is 449. The van der Waals surface area contributed by atoms with E-state index in [0.717, 1.165) is 12.8 Å². The second kappa shape index (κ2) is 4.75. The van der Waals surface area contributed by atoms with Crippen molar-refractivity contribution in [3.63, 3.8) is 0 Å². The van der Waals surface area contributed by atoms with E-state index in [2.05, 4.69) is 0 Å². The van der Waals surface area contributed by atoms with Crippen LogP contribution in [-0.2, 0) is 5.54 Å². The number of hydrogen-bond donors (Lipinski definition) is 1. The van der Waals surface area contributed by atoms with Crippen LogP contribution in [0, 0.1) is 11.2 Å². The summed E-state index contributed by atoms with van der Waals surface area (Å²) in [6.45, 7) is 0. The molecule has 3 rings (SSSR count). The van der Waals surface area contributed by atoms with Gasteiger partial charge in [0.05, 0.1) is 0 Å². The lowest BCUT2D eigenvalue weighted by molar-refractivity contribution is 0.00769. The standard InChI is InChI=1S/C16H21ClFN/c17-12-6-5-7-13(18)14(12)16(19)10-15(11-16)8-3-1-2-4-9-15/h5-7H,1-4,8-11,19H2. The highest BCUT2D eigenvalue weighted by Gasteiger charge is 2.54. The van der Waals surface area contributed by atoms with E-state index in [0.29, 0.717) is 16.0 Å². The van der Waals surface area contributed by atoms with Gasteiger partial charge in [0.15, 0.2) is 0 Å². The molecule has 0 saturated heterocycles. The first kappa shape index (κ1) is 13.4. The maximum Gasteiger partial charge on any atom is 0.129 e. The van der Waals surface area contributed by atoms with Gasteiger partial charge in [0.2, 0.25) is 0 Å². The minimum absolute atomic E-state index is 0.251. The van der Waals surface area contributed by atoms with Gasteiger partial charge in [-0.05, 0) is 43.2 Å². The molecule has 2 N–H and O–H groups in total. The third-order valence-corrected chi connectivity index (χ3v) is 5.32. The molecular weight excluding hydrogens is 261 g/mol. The maximum absolute atomic E-state index is 14.0. The fourth-order valence-electron chi connectivity index (χ4n) is 4.27. The van der Waals surface area contributed by atoms with Gasteiger partial charge in [-0.25, -0.2) is 4.39 Å². The van der Waals surface area contributed by atoms with Crippen LogP contribution in [0.15, 0.2) is 18.2 Å². The molecule has 0 amide bonds. The van der Waals surface area contributed by atoms with Crippen LogP contribution in [0.25, 0.3) is 0 Å². The highest BCUT2D eigenvalue weighted by atomic mass is 35.5. The number of hydrogen-bond acceptors (Lipinski definition) is 1. The fourth-order valence-corrected chi connectivity index (χ4v) is 4.62. The van der Waals surface area contributed by atoms with Gasteiger partial charge in [-0.3, -0.25) is 0 Å². The average molecular weight is 282 g/mol. The van der Waals surface area contributed by atoms with Crippen molar-refractivity contribution in [1.82, 2.24) is 0 Å². The number of rotatable bonds is 1. The summed E-state index contributed by atoms with van der Waals surface area (Å²) < 4.78 is 14.0. The molecule has 1 nitrogen and oxygen atoms in total. The van der Waals surface area contributed by atoms with E-state index in [9.17, 15) is 4.39 Å². The smallest absolute Gasteiger partial charge is 0.129 e. The van der Waals surface area contributed by atoms with Crippen molar-refractivity contribution in [1.29, 1.82) is 0 Å². The molecule has 1 aromatic carbocycles. The fraction of sp³-hybridized carbons (Fsp3) is 0.625. The Kier molecular flexibility index (Phi) is 3.34. The maximum atomic E-state index is 14.0. The third kappa shape index (κ3) is 2.30. The molecule has 3 heteroatoms. The molecule has 2 saturated carbocycles. The van der Waals surface area contributed by atoms with E-state index in [1.807, 2.05) is 0 Å². The van der Waals surface area contributed by atoms with Crippen molar-refractivity contribution in [2.45, 2.75) is 56.9 Å². The molecule has 2 aliphatic rings. The Morgan fingerprint density at radius 2 is 1.68 bits per heavy atom. The van der Waals surface area contributed by atoms with Crippen LogP contribution in [-0.4, -0.2) is 0 Å². The van der Waals surface area contributed by atoms with E-state index in [-0.39, 0.29) is 5.82 Å². The van der Waals surface area contributed by atoms with Crippen molar-refractivity contribution in [2.75, 3.05) is 0 Å². The number of halogens is 2. The second-order valence-corrected chi connectivity index (χ2v) is 6.93. The van der Waals surface area contributed by atoms with Crippen LogP contribution in [0.2, 0.25) is 5.02 Å². The van der Waals surface area contributed by atoms with Crippen LogP contribution < -0.4 is 5.73 Å². The van der Waals surface area contributed by atoms with Gasteiger partial charge in [-0.1, -0.05) is 43.4 Å². The topological polar surface area (TPSA) is 26.0 Å².